The number of aryl methyl sites for hydroxylation is 3. The second-order valence-corrected chi connectivity index (χ2v) is 7.46. The maximum Gasteiger partial charge on any atom is 0.160 e. The zero-order chi connectivity index (χ0) is 21.8. The number of benzene rings is 2. The van der Waals surface area contributed by atoms with Gasteiger partial charge in [-0.2, -0.15) is 0 Å². The Kier molecular flexibility index (Phi) is 6.02. The van der Waals surface area contributed by atoms with Crippen molar-refractivity contribution in [1.29, 1.82) is 0 Å². The van der Waals surface area contributed by atoms with Crippen molar-refractivity contribution in [2.75, 3.05) is 26.1 Å². The van der Waals surface area contributed by atoms with E-state index in [1.54, 1.807) is 14.2 Å². The zero-order valence-electron chi connectivity index (χ0n) is 18.3. The molecule has 160 valence electrons. The van der Waals surface area contributed by atoms with Crippen molar-refractivity contribution in [3.63, 3.8) is 0 Å². The van der Waals surface area contributed by atoms with E-state index in [9.17, 15) is 0 Å². The number of methoxy groups -OCH3 is 2. The average Bonchev–Trinajstić information content (AvgIpc) is 3.16. The Balaban J connectivity index is 1.41. The van der Waals surface area contributed by atoms with Crippen molar-refractivity contribution >= 4 is 16.9 Å². The highest BCUT2D eigenvalue weighted by atomic mass is 16.5. The van der Waals surface area contributed by atoms with Crippen LogP contribution in [-0.2, 0) is 13.5 Å². The molecule has 0 saturated heterocycles. The molecule has 0 saturated carbocycles. The minimum atomic E-state index is 0.737. The molecule has 0 bridgehead atoms. The molecule has 0 unspecified atom stereocenters. The average molecular weight is 418 g/mol. The molecule has 0 fully saturated rings. The van der Waals surface area contributed by atoms with Crippen LogP contribution < -0.4 is 14.8 Å². The smallest absolute Gasteiger partial charge is 0.160 e. The van der Waals surface area contributed by atoms with E-state index in [1.165, 1.54) is 5.56 Å². The van der Waals surface area contributed by atoms with Crippen molar-refractivity contribution in [2.45, 2.75) is 19.8 Å². The molecule has 1 N–H and O–H groups in total. The lowest BCUT2D eigenvalue weighted by molar-refractivity contribution is 0.354. The molecule has 4 aromatic rings. The Morgan fingerprint density at radius 2 is 1.81 bits per heavy atom. The third-order valence-electron chi connectivity index (χ3n) is 5.26. The molecule has 4 rings (SSSR count). The number of anilines is 1. The highest BCUT2D eigenvalue weighted by Gasteiger charge is 2.08. The van der Waals surface area contributed by atoms with Crippen molar-refractivity contribution in [1.82, 2.24) is 19.5 Å². The molecule has 0 spiro atoms. The molecule has 7 heteroatoms. The van der Waals surface area contributed by atoms with Crippen LogP contribution in [0.15, 0.2) is 48.8 Å². The predicted octanol–water partition coefficient (Wildman–Crippen LogP) is 4.40. The molecule has 31 heavy (non-hydrogen) atoms. The van der Waals surface area contributed by atoms with Crippen LogP contribution in [0.2, 0.25) is 0 Å². The second-order valence-electron chi connectivity index (χ2n) is 7.46. The highest BCUT2D eigenvalue weighted by Crippen LogP contribution is 2.28. The zero-order valence-corrected chi connectivity index (χ0v) is 18.3. The molecule has 7 nitrogen and oxygen atoms in total. The maximum atomic E-state index is 5.39. The Morgan fingerprint density at radius 3 is 2.61 bits per heavy atom. The van der Waals surface area contributed by atoms with Crippen molar-refractivity contribution < 1.29 is 9.47 Å². The Hall–Kier alpha value is -3.61. The minimum Gasteiger partial charge on any atom is -0.493 e. The van der Waals surface area contributed by atoms with Gasteiger partial charge in [-0.15, -0.1) is 0 Å². The summed E-state index contributed by atoms with van der Waals surface area (Å²) in [7, 11) is 5.30. The molecule has 0 amide bonds. The van der Waals surface area contributed by atoms with Gasteiger partial charge < -0.3 is 19.4 Å². The molecule has 0 aliphatic carbocycles. The fraction of sp³-hybridized carbons (Fsp3) is 0.292. The van der Waals surface area contributed by atoms with Crippen LogP contribution in [0, 0.1) is 6.92 Å². The third kappa shape index (κ3) is 4.60. The fourth-order valence-electron chi connectivity index (χ4n) is 3.65. The van der Waals surface area contributed by atoms with Gasteiger partial charge in [-0.1, -0.05) is 12.1 Å². The van der Waals surface area contributed by atoms with Crippen molar-refractivity contribution in [3.8, 4) is 22.8 Å². The van der Waals surface area contributed by atoms with E-state index in [0.29, 0.717) is 0 Å². The summed E-state index contributed by atoms with van der Waals surface area (Å²) in [6, 6.07) is 14.3. The molecular weight excluding hydrogens is 390 g/mol. The lowest BCUT2D eigenvalue weighted by atomic mass is 10.1. The summed E-state index contributed by atoms with van der Waals surface area (Å²) in [6.07, 6.45) is 3.72. The number of imidazole rings is 1. The molecule has 2 aromatic heterocycles. The SMILES string of the molecule is COc1ccc(CCCNc2cc(-c3ccc4c(c3)ncn4C)nc(C)n2)cc1OC. The van der Waals surface area contributed by atoms with Gasteiger partial charge in [0.25, 0.3) is 0 Å². The molecule has 0 radical (unpaired) electrons. The van der Waals surface area contributed by atoms with Gasteiger partial charge >= 0.3 is 0 Å². The number of hydrogen-bond acceptors (Lipinski definition) is 6. The summed E-state index contributed by atoms with van der Waals surface area (Å²) < 4.78 is 12.7. The molecule has 0 atom stereocenters. The van der Waals surface area contributed by atoms with E-state index >= 15 is 0 Å². The summed E-state index contributed by atoms with van der Waals surface area (Å²) >= 11 is 0. The Bertz CT molecular complexity index is 1200. The van der Waals surface area contributed by atoms with Gasteiger partial charge in [-0.25, -0.2) is 15.0 Å². The number of aromatic nitrogens is 4. The predicted molar refractivity (Wildman–Crippen MR) is 123 cm³/mol. The lowest BCUT2D eigenvalue weighted by Gasteiger charge is -2.11. The van der Waals surface area contributed by atoms with Crippen molar-refractivity contribution in [3.05, 3.63) is 60.2 Å². The molecule has 2 aromatic carbocycles. The van der Waals surface area contributed by atoms with Gasteiger partial charge in [0.15, 0.2) is 11.5 Å². The summed E-state index contributed by atoms with van der Waals surface area (Å²) in [5.74, 6) is 3.07. The Morgan fingerprint density at radius 1 is 0.968 bits per heavy atom. The molecular formula is C24H27N5O2. The van der Waals surface area contributed by atoms with Gasteiger partial charge in [0, 0.05) is 25.2 Å². The Labute approximate surface area is 182 Å². The second kappa shape index (κ2) is 9.04. The van der Waals surface area contributed by atoms with Crippen LogP contribution in [-0.4, -0.2) is 40.3 Å². The van der Waals surface area contributed by atoms with E-state index in [-0.39, 0.29) is 0 Å². The first-order valence-electron chi connectivity index (χ1n) is 10.3. The van der Waals surface area contributed by atoms with Crippen LogP contribution in [0.4, 0.5) is 5.82 Å². The quantitative estimate of drug-likeness (QED) is 0.428. The molecule has 2 heterocycles. The number of nitrogens with one attached hydrogen (secondary N) is 1. The standard InChI is InChI=1S/C24H27N5O2/c1-16-27-19(18-8-9-21-20(13-18)26-15-29(21)2)14-24(28-16)25-11-5-6-17-7-10-22(30-3)23(12-17)31-4/h7-10,12-15H,5-6,11H2,1-4H3,(H,25,27,28). The summed E-state index contributed by atoms with van der Waals surface area (Å²) in [4.78, 5) is 13.6. The van der Waals surface area contributed by atoms with E-state index in [0.717, 1.165) is 64.8 Å². The first-order chi connectivity index (χ1) is 15.1. The largest absolute Gasteiger partial charge is 0.493 e. The van der Waals surface area contributed by atoms with Crippen LogP contribution in [0.25, 0.3) is 22.3 Å². The monoisotopic (exact) mass is 417 g/mol. The van der Waals surface area contributed by atoms with Crippen LogP contribution in [0.5, 0.6) is 11.5 Å². The minimum absolute atomic E-state index is 0.737. The number of ether oxygens (including phenoxy) is 2. The summed E-state index contributed by atoms with van der Waals surface area (Å²) in [5, 5.41) is 3.43. The maximum absolute atomic E-state index is 5.39. The lowest BCUT2D eigenvalue weighted by Crippen LogP contribution is -2.06. The number of fused-ring (bicyclic) bond motifs is 1. The third-order valence-corrected chi connectivity index (χ3v) is 5.26. The van der Waals surface area contributed by atoms with Gasteiger partial charge in [-0.3, -0.25) is 0 Å². The number of rotatable bonds is 8. The first-order valence-corrected chi connectivity index (χ1v) is 10.3. The topological polar surface area (TPSA) is 74.1 Å². The van der Waals surface area contributed by atoms with Crippen LogP contribution in [0.3, 0.4) is 0 Å². The van der Waals surface area contributed by atoms with Crippen molar-refractivity contribution in [2.24, 2.45) is 7.05 Å². The van der Waals surface area contributed by atoms with Gasteiger partial charge in [0.1, 0.15) is 11.6 Å². The number of hydrogen-bond donors (Lipinski definition) is 1. The van der Waals surface area contributed by atoms with E-state index in [2.05, 4.69) is 44.5 Å². The van der Waals surface area contributed by atoms with Gasteiger partial charge in [0.05, 0.1) is 37.3 Å². The normalized spacial score (nSPS) is 11.0. The number of nitrogens with zero attached hydrogens (tertiary/aromatic N) is 4. The van der Waals surface area contributed by atoms with Crippen LogP contribution in [0.1, 0.15) is 17.8 Å². The first kappa shape index (κ1) is 20.7. The van der Waals surface area contributed by atoms with E-state index in [1.807, 2.05) is 43.1 Å². The molecule has 0 aliphatic rings. The summed E-state index contributed by atoms with van der Waals surface area (Å²) in [6.45, 7) is 2.72. The van der Waals surface area contributed by atoms with Gasteiger partial charge in [0.2, 0.25) is 0 Å². The highest BCUT2D eigenvalue weighted by molar-refractivity contribution is 5.81. The van der Waals surface area contributed by atoms with Crippen LogP contribution >= 0.6 is 0 Å². The van der Waals surface area contributed by atoms with Gasteiger partial charge in [-0.05, 0) is 49.6 Å². The van der Waals surface area contributed by atoms with E-state index in [4.69, 9.17) is 9.47 Å². The fourth-order valence-corrected chi connectivity index (χ4v) is 3.65. The summed E-state index contributed by atoms with van der Waals surface area (Å²) in [5.41, 5.74) is 5.19. The van der Waals surface area contributed by atoms with E-state index < -0.39 is 0 Å². The molecule has 0 aliphatic heterocycles.